The van der Waals surface area contributed by atoms with Gasteiger partial charge in [-0.05, 0) is 58.9 Å². The summed E-state index contributed by atoms with van der Waals surface area (Å²) in [6, 6.07) is 13.5. The zero-order valence-corrected chi connectivity index (χ0v) is 18.5. The smallest absolute Gasteiger partial charge is 0.210 e. The minimum absolute atomic E-state index is 0.0439. The van der Waals surface area contributed by atoms with Crippen LogP contribution in [0.4, 0.5) is 0 Å². The third-order valence-electron chi connectivity index (χ3n) is 5.04. The van der Waals surface area contributed by atoms with E-state index in [2.05, 4.69) is 45.8 Å². The van der Waals surface area contributed by atoms with Crippen LogP contribution in [0.5, 0.6) is 5.75 Å². The number of hydrogen-bond acceptors (Lipinski definition) is 5. The summed E-state index contributed by atoms with van der Waals surface area (Å²) in [6.07, 6.45) is 8.69. The molecule has 0 N–H and O–H groups in total. The fraction of sp³-hybridized carbons (Fsp3) is 0.190. The predicted octanol–water partition coefficient (Wildman–Crippen LogP) is 5.05. The van der Waals surface area contributed by atoms with Gasteiger partial charge in [0.25, 0.3) is 0 Å². The molecule has 28 heavy (non-hydrogen) atoms. The Labute approximate surface area is 181 Å². The first-order valence-electron chi connectivity index (χ1n) is 8.90. The molecule has 3 aromatic rings. The first-order valence-corrected chi connectivity index (χ1v) is 12.4. The number of aromatic nitrogens is 1. The molecule has 2 aromatic carbocycles. The summed E-state index contributed by atoms with van der Waals surface area (Å²) in [5.74, 6) is 1.06. The lowest BCUT2D eigenvalue weighted by molar-refractivity contribution is 0.251. The molecule has 2 atom stereocenters. The van der Waals surface area contributed by atoms with Crippen molar-refractivity contribution in [3.63, 3.8) is 0 Å². The zero-order chi connectivity index (χ0) is 19.4. The third-order valence-corrected chi connectivity index (χ3v) is 9.50. The summed E-state index contributed by atoms with van der Waals surface area (Å²) in [6.45, 7) is 0. The van der Waals surface area contributed by atoms with Crippen molar-refractivity contribution in [1.82, 2.24) is 4.98 Å². The maximum absolute atomic E-state index is 12.8. The number of thiazole rings is 1. The summed E-state index contributed by atoms with van der Waals surface area (Å²) in [7, 11) is -3.42. The van der Waals surface area contributed by atoms with Crippen molar-refractivity contribution in [3.05, 3.63) is 77.9 Å². The van der Waals surface area contributed by atoms with E-state index in [0.717, 1.165) is 27.1 Å². The highest BCUT2D eigenvalue weighted by Crippen LogP contribution is 2.51. The van der Waals surface area contributed by atoms with Gasteiger partial charge < -0.3 is 4.74 Å². The Morgan fingerprint density at radius 1 is 1.18 bits per heavy atom. The highest BCUT2D eigenvalue weighted by atomic mass is 127. The van der Waals surface area contributed by atoms with Gasteiger partial charge in [-0.25, -0.2) is 13.4 Å². The van der Waals surface area contributed by atoms with E-state index < -0.39 is 9.84 Å². The van der Waals surface area contributed by atoms with E-state index in [1.165, 1.54) is 11.3 Å². The van der Waals surface area contributed by atoms with Crippen LogP contribution in [0.1, 0.15) is 17.0 Å². The second-order valence-corrected chi connectivity index (χ2v) is 11.9. The Hall–Kier alpha value is -1.71. The number of rotatable bonds is 4. The van der Waals surface area contributed by atoms with Crippen molar-refractivity contribution in [3.8, 4) is 5.75 Å². The number of halogens is 1. The molecule has 0 amide bonds. The molecule has 2 heterocycles. The normalized spacial score (nSPS) is 22.8. The third kappa shape index (κ3) is 3.09. The Kier molecular flexibility index (Phi) is 4.37. The summed E-state index contributed by atoms with van der Waals surface area (Å²) in [4.78, 5) is 4.31. The molecule has 1 aliphatic carbocycles. The van der Waals surface area contributed by atoms with Gasteiger partial charge >= 0.3 is 0 Å². The largest absolute Gasteiger partial charge is 0.472 e. The van der Waals surface area contributed by atoms with Crippen molar-refractivity contribution in [2.75, 3.05) is 5.75 Å². The first kappa shape index (κ1) is 18.3. The zero-order valence-electron chi connectivity index (χ0n) is 14.7. The lowest BCUT2D eigenvalue weighted by Crippen LogP contribution is -2.28. The topological polar surface area (TPSA) is 56.3 Å². The summed E-state index contributed by atoms with van der Waals surface area (Å²) in [5, 5.41) is 0. The van der Waals surface area contributed by atoms with E-state index in [9.17, 15) is 8.42 Å². The van der Waals surface area contributed by atoms with Gasteiger partial charge in [0.05, 0.1) is 21.9 Å². The molecule has 0 spiro atoms. The number of fused-ring (bicyclic) bond motifs is 4. The number of alkyl halides is 1. The molecule has 1 aliphatic heterocycles. The van der Waals surface area contributed by atoms with Crippen molar-refractivity contribution < 1.29 is 13.2 Å². The first-order chi connectivity index (χ1) is 13.4. The number of ether oxygens (including phenoxy) is 1. The SMILES string of the molecule is O=S(=O)(CCc1ccc2c(c1)[C@H]1C=CC=C[C@@]1(I)O2)c1nc2ccccc2s1. The van der Waals surface area contributed by atoms with Crippen LogP contribution in [0, 0.1) is 0 Å². The molecular formula is C21H16INO3S2. The Bertz CT molecular complexity index is 1210. The number of hydrogen-bond donors (Lipinski definition) is 0. The highest BCUT2D eigenvalue weighted by Gasteiger charge is 2.44. The number of aryl methyl sites for hydroxylation is 1. The molecule has 5 rings (SSSR count). The Morgan fingerprint density at radius 2 is 2.04 bits per heavy atom. The van der Waals surface area contributed by atoms with Gasteiger partial charge in [-0.15, -0.1) is 11.3 Å². The number of nitrogens with zero attached hydrogens (tertiary/aromatic N) is 1. The lowest BCUT2D eigenvalue weighted by atomic mass is 9.91. The lowest BCUT2D eigenvalue weighted by Gasteiger charge is -2.25. The van der Waals surface area contributed by atoms with Crippen LogP contribution >= 0.6 is 33.9 Å². The van der Waals surface area contributed by atoms with Crippen molar-refractivity contribution in [2.24, 2.45) is 0 Å². The summed E-state index contributed by atoms with van der Waals surface area (Å²) >= 11 is 3.57. The molecule has 4 nitrogen and oxygen atoms in total. The predicted molar refractivity (Wildman–Crippen MR) is 120 cm³/mol. The molecule has 0 radical (unpaired) electrons. The molecule has 0 saturated heterocycles. The van der Waals surface area contributed by atoms with Crippen LogP contribution in [0.15, 0.2) is 71.1 Å². The molecule has 0 fully saturated rings. The minimum atomic E-state index is -3.42. The Morgan fingerprint density at radius 3 is 2.89 bits per heavy atom. The van der Waals surface area contributed by atoms with Gasteiger partial charge in [0, 0.05) is 5.56 Å². The number of allylic oxidation sites excluding steroid dienone is 2. The van der Waals surface area contributed by atoms with Gasteiger partial charge in [-0.2, -0.15) is 0 Å². The highest BCUT2D eigenvalue weighted by molar-refractivity contribution is 14.1. The summed E-state index contributed by atoms with van der Waals surface area (Å²) in [5.41, 5.74) is 2.84. The van der Waals surface area contributed by atoms with Crippen molar-refractivity contribution in [2.45, 2.75) is 20.3 Å². The van der Waals surface area contributed by atoms with Crippen molar-refractivity contribution in [1.29, 1.82) is 0 Å². The van der Waals surface area contributed by atoms with E-state index in [1.807, 2.05) is 48.6 Å². The van der Waals surface area contributed by atoms with Crippen LogP contribution in [0.3, 0.4) is 0 Å². The van der Waals surface area contributed by atoms with Gasteiger partial charge in [-0.3, -0.25) is 0 Å². The van der Waals surface area contributed by atoms with E-state index in [4.69, 9.17) is 4.74 Å². The van der Waals surface area contributed by atoms with Crippen molar-refractivity contribution >= 4 is 54.0 Å². The fourth-order valence-corrected chi connectivity index (χ4v) is 7.22. The van der Waals surface area contributed by atoms with Gasteiger partial charge in [0.2, 0.25) is 14.2 Å². The maximum Gasteiger partial charge on any atom is 0.210 e. The molecule has 0 unspecified atom stereocenters. The average molecular weight is 521 g/mol. The second kappa shape index (κ2) is 6.67. The number of para-hydroxylation sites is 1. The van der Waals surface area contributed by atoms with Crippen LogP contribution in [-0.2, 0) is 16.3 Å². The molecule has 0 bridgehead atoms. The summed E-state index contributed by atoms with van der Waals surface area (Å²) < 4.78 is 32.4. The van der Waals surface area contributed by atoms with Gasteiger partial charge in [0.15, 0.2) is 3.61 Å². The maximum atomic E-state index is 12.8. The van der Waals surface area contributed by atoms with Crippen LogP contribution in [0.2, 0.25) is 0 Å². The minimum Gasteiger partial charge on any atom is -0.472 e. The fourth-order valence-electron chi connectivity index (χ4n) is 3.59. The van der Waals surface area contributed by atoms with Gasteiger partial charge in [0.1, 0.15) is 5.75 Å². The number of sulfone groups is 1. The molecular weight excluding hydrogens is 505 g/mol. The standard InChI is InChI=1S/C21H16INO3S2/c22-21-11-4-3-5-16(21)15-13-14(8-9-18(15)26-21)10-12-28(24,25)20-23-17-6-1-2-7-19(17)27-20/h1-9,11,13,16H,10,12H2/t16-,21-/m1/s1. The van der Waals surface area contributed by atoms with E-state index in [1.54, 1.807) is 0 Å². The quantitative estimate of drug-likeness (QED) is 0.357. The van der Waals surface area contributed by atoms with E-state index in [-0.39, 0.29) is 19.6 Å². The van der Waals surface area contributed by atoms with E-state index >= 15 is 0 Å². The molecule has 2 aliphatic rings. The average Bonchev–Trinajstić information content (AvgIpc) is 3.25. The monoisotopic (exact) mass is 521 g/mol. The second-order valence-electron chi connectivity index (χ2n) is 6.91. The van der Waals surface area contributed by atoms with E-state index in [0.29, 0.717) is 6.42 Å². The molecule has 142 valence electrons. The Balaban J connectivity index is 1.38. The number of benzene rings is 2. The van der Waals surface area contributed by atoms with Crippen LogP contribution < -0.4 is 4.74 Å². The van der Waals surface area contributed by atoms with Crippen LogP contribution in [0.25, 0.3) is 10.2 Å². The molecule has 1 aromatic heterocycles. The molecule has 7 heteroatoms. The van der Waals surface area contributed by atoms with Crippen LogP contribution in [-0.4, -0.2) is 22.8 Å². The van der Waals surface area contributed by atoms with Gasteiger partial charge in [-0.1, -0.05) is 42.5 Å². The molecule has 0 saturated carbocycles.